The normalized spacial score (nSPS) is 11.3. The first-order valence-corrected chi connectivity index (χ1v) is 13.4. The second kappa shape index (κ2) is 10.9. The Morgan fingerprint density at radius 3 is 1.81 bits per heavy atom. The van der Waals surface area contributed by atoms with Gasteiger partial charge in [0.05, 0.1) is 40.5 Å². The SMILES string of the molecule is COc1ccc(-c2ccc(C(c3c(C)[nH]n(-c4ccccc4)c3=O)c3c(C)[nH]n(-c4ccccc4)c3=O)o2)cc1[N+](=O)[O-]. The second-order valence-corrected chi connectivity index (χ2v) is 10.0. The Morgan fingerprint density at radius 2 is 1.33 bits per heavy atom. The van der Waals surface area contributed by atoms with Gasteiger partial charge in [0.2, 0.25) is 0 Å². The van der Waals surface area contributed by atoms with Gasteiger partial charge in [-0.05, 0) is 62.4 Å². The van der Waals surface area contributed by atoms with Crippen LogP contribution in [0.2, 0.25) is 0 Å². The predicted molar refractivity (Wildman–Crippen MR) is 161 cm³/mol. The molecule has 6 rings (SSSR count). The van der Waals surface area contributed by atoms with E-state index in [1.807, 2.05) is 60.7 Å². The van der Waals surface area contributed by atoms with E-state index in [9.17, 15) is 19.7 Å². The molecule has 3 aromatic carbocycles. The maximum atomic E-state index is 14.0. The summed E-state index contributed by atoms with van der Waals surface area (Å²) in [6.45, 7) is 3.55. The number of aromatic nitrogens is 4. The number of aromatic amines is 2. The molecule has 0 saturated carbocycles. The molecule has 0 unspecified atom stereocenters. The molecule has 216 valence electrons. The number of hydrogen-bond donors (Lipinski definition) is 2. The summed E-state index contributed by atoms with van der Waals surface area (Å²) in [7, 11) is 1.36. The molecule has 11 nitrogen and oxygen atoms in total. The van der Waals surface area contributed by atoms with E-state index in [4.69, 9.17) is 9.15 Å². The van der Waals surface area contributed by atoms with Crippen LogP contribution >= 0.6 is 0 Å². The largest absolute Gasteiger partial charge is 0.490 e. The molecule has 3 heterocycles. The van der Waals surface area contributed by atoms with Crippen LogP contribution in [0.25, 0.3) is 22.7 Å². The molecule has 0 aliphatic heterocycles. The van der Waals surface area contributed by atoms with Crippen molar-refractivity contribution in [2.45, 2.75) is 19.8 Å². The van der Waals surface area contributed by atoms with E-state index in [-0.39, 0.29) is 22.6 Å². The van der Waals surface area contributed by atoms with Gasteiger partial charge >= 0.3 is 5.69 Å². The molecular weight excluding hydrogens is 550 g/mol. The van der Waals surface area contributed by atoms with Crippen molar-refractivity contribution in [2.24, 2.45) is 0 Å². The van der Waals surface area contributed by atoms with Crippen molar-refractivity contribution in [1.82, 2.24) is 19.6 Å². The lowest BCUT2D eigenvalue weighted by molar-refractivity contribution is -0.385. The summed E-state index contributed by atoms with van der Waals surface area (Å²) in [5.74, 6) is -0.122. The molecule has 3 aromatic heterocycles. The number of nitrogens with one attached hydrogen (secondary N) is 2. The van der Waals surface area contributed by atoms with Crippen LogP contribution in [0.4, 0.5) is 5.69 Å². The molecule has 0 spiro atoms. The number of nitro benzene ring substituents is 1. The van der Waals surface area contributed by atoms with Crippen molar-refractivity contribution in [3.8, 4) is 28.4 Å². The molecule has 2 N–H and O–H groups in total. The van der Waals surface area contributed by atoms with Gasteiger partial charge in [0, 0.05) is 23.0 Å². The maximum absolute atomic E-state index is 14.0. The van der Waals surface area contributed by atoms with Crippen molar-refractivity contribution in [3.05, 3.63) is 150 Å². The summed E-state index contributed by atoms with van der Waals surface area (Å²) in [4.78, 5) is 39.2. The van der Waals surface area contributed by atoms with Crippen molar-refractivity contribution in [3.63, 3.8) is 0 Å². The van der Waals surface area contributed by atoms with E-state index in [0.29, 0.717) is 51.0 Å². The molecular formula is C32H27N5O6. The number of benzene rings is 3. The molecule has 0 bridgehead atoms. The summed E-state index contributed by atoms with van der Waals surface area (Å²) in [6, 6.07) is 26.1. The quantitative estimate of drug-likeness (QED) is 0.178. The molecule has 0 radical (unpaired) electrons. The Bertz CT molecular complexity index is 1970. The standard InChI is InChI=1S/C32H27N5O6/c1-19-28(31(38)35(33-19)22-10-6-4-7-11-22)30(29-20(2)34-36(32(29)39)23-12-8-5-9-13-23)27-17-16-25(43-27)21-14-15-26(42-3)24(18-21)37(40)41/h4-18,30,33-34H,1-3H3. The predicted octanol–water partition coefficient (Wildman–Crippen LogP) is 5.62. The number of ether oxygens (including phenoxy) is 1. The van der Waals surface area contributed by atoms with Crippen LogP contribution in [0.5, 0.6) is 5.75 Å². The highest BCUT2D eigenvalue weighted by Crippen LogP contribution is 2.37. The van der Waals surface area contributed by atoms with E-state index in [1.54, 1.807) is 32.0 Å². The molecule has 0 aliphatic carbocycles. The Labute approximate surface area is 244 Å². The van der Waals surface area contributed by atoms with Crippen LogP contribution in [0.3, 0.4) is 0 Å². The average molecular weight is 578 g/mol. The van der Waals surface area contributed by atoms with Crippen molar-refractivity contribution < 1.29 is 14.1 Å². The molecule has 0 amide bonds. The van der Waals surface area contributed by atoms with Gasteiger partial charge in [0.1, 0.15) is 11.5 Å². The summed E-state index contributed by atoms with van der Waals surface area (Å²) in [6.07, 6.45) is 0. The van der Waals surface area contributed by atoms with Gasteiger partial charge in [-0.15, -0.1) is 0 Å². The minimum Gasteiger partial charge on any atom is -0.490 e. The van der Waals surface area contributed by atoms with Gasteiger partial charge in [0.15, 0.2) is 5.75 Å². The minimum atomic E-state index is -0.899. The Morgan fingerprint density at radius 1 is 0.791 bits per heavy atom. The molecule has 43 heavy (non-hydrogen) atoms. The van der Waals surface area contributed by atoms with Crippen LogP contribution in [-0.4, -0.2) is 31.6 Å². The third-order valence-electron chi connectivity index (χ3n) is 7.41. The smallest absolute Gasteiger partial charge is 0.311 e. The molecule has 6 aromatic rings. The zero-order chi connectivity index (χ0) is 30.2. The molecule has 0 atom stereocenters. The zero-order valence-corrected chi connectivity index (χ0v) is 23.5. The number of methoxy groups -OCH3 is 1. The fourth-order valence-corrected chi connectivity index (χ4v) is 5.39. The van der Waals surface area contributed by atoms with Gasteiger partial charge in [-0.1, -0.05) is 36.4 Å². The van der Waals surface area contributed by atoms with Crippen molar-refractivity contribution in [1.29, 1.82) is 0 Å². The highest BCUT2D eigenvalue weighted by atomic mass is 16.6. The summed E-state index contributed by atoms with van der Waals surface area (Å²) < 4.78 is 14.3. The fraction of sp³-hybridized carbons (Fsp3) is 0.125. The first-order chi connectivity index (χ1) is 20.8. The van der Waals surface area contributed by atoms with E-state index in [2.05, 4.69) is 10.2 Å². The highest BCUT2D eigenvalue weighted by Gasteiger charge is 2.33. The molecule has 0 saturated heterocycles. The Hall–Kier alpha value is -5.84. The lowest BCUT2D eigenvalue weighted by Crippen LogP contribution is -2.25. The topological polar surface area (TPSA) is 141 Å². The van der Waals surface area contributed by atoms with E-state index in [0.717, 1.165) is 0 Å². The lowest BCUT2D eigenvalue weighted by atomic mass is 9.89. The number of furan rings is 1. The number of hydrogen-bond acceptors (Lipinski definition) is 6. The van der Waals surface area contributed by atoms with Crippen LogP contribution < -0.4 is 15.9 Å². The van der Waals surface area contributed by atoms with Gasteiger partial charge in [-0.3, -0.25) is 29.9 Å². The average Bonchev–Trinajstić information content (AvgIpc) is 3.71. The summed E-state index contributed by atoms with van der Waals surface area (Å²) >= 11 is 0. The second-order valence-electron chi connectivity index (χ2n) is 10.0. The third kappa shape index (κ3) is 4.76. The molecule has 0 fully saturated rings. The number of nitro groups is 1. The van der Waals surface area contributed by atoms with Crippen LogP contribution in [0, 0.1) is 24.0 Å². The minimum absolute atomic E-state index is 0.118. The first-order valence-electron chi connectivity index (χ1n) is 13.4. The van der Waals surface area contributed by atoms with Gasteiger partial charge < -0.3 is 9.15 Å². The van der Waals surface area contributed by atoms with Crippen molar-refractivity contribution in [2.75, 3.05) is 7.11 Å². The number of H-pyrrole nitrogens is 2. The van der Waals surface area contributed by atoms with E-state index < -0.39 is 10.8 Å². The lowest BCUT2D eigenvalue weighted by Gasteiger charge is -2.13. The van der Waals surface area contributed by atoms with E-state index >= 15 is 0 Å². The van der Waals surface area contributed by atoms with Crippen LogP contribution in [0.1, 0.15) is 34.2 Å². The van der Waals surface area contributed by atoms with Gasteiger partial charge in [0.25, 0.3) is 11.1 Å². The molecule has 11 heteroatoms. The summed E-state index contributed by atoms with van der Waals surface area (Å²) in [5.41, 5.74) is 2.63. The third-order valence-corrected chi connectivity index (χ3v) is 7.41. The van der Waals surface area contributed by atoms with Gasteiger partial charge in [-0.25, -0.2) is 9.36 Å². The zero-order valence-electron chi connectivity index (χ0n) is 23.5. The van der Waals surface area contributed by atoms with E-state index in [1.165, 1.54) is 28.6 Å². The number of nitrogens with zero attached hydrogens (tertiary/aromatic N) is 3. The van der Waals surface area contributed by atoms with Gasteiger partial charge in [-0.2, -0.15) is 0 Å². The number of aryl methyl sites for hydroxylation is 2. The van der Waals surface area contributed by atoms with Crippen LogP contribution in [0.15, 0.2) is 105 Å². The first kappa shape index (κ1) is 27.3. The number of rotatable bonds is 8. The highest BCUT2D eigenvalue weighted by molar-refractivity contribution is 5.65. The fourth-order valence-electron chi connectivity index (χ4n) is 5.39. The Kier molecular flexibility index (Phi) is 6.90. The summed E-state index contributed by atoms with van der Waals surface area (Å²) in [5, 5.41) is 18.0. The monoisotopic (exact) mass is 577 g/mol. The number of para-hydroxylation sites is 2. The van der Waals surface area contributed by atoms with Crippen molar-refractivity contribution >= 4 is 5.69 Å². The Balaban J connectivity index is 1.56. The maximum Gasteiger partial charge on any atom is 0.311 e. The van der Waals surface area contributed by atoms with Crippen LogP contribution in [-0.2, 0) is 0 Å². The molecule has 0 aliphatic rings.